The van der Waals surface area contributed by atoms with E-state index >= 15 is 0 Å². The molecule has 0 aliphatic carbocycles. The van der Waals surface area contributed by atoms with Crippen LogP contribution in [0.15, 0.2) is 54.2 Å². The molecule has 5 heteroatoms. The molecule has 118 valence electrons. The summed E-state index contributed by atoms with van der Waals surface area (Å²) < 4.78 is 0. The molecular weight excluding hydrogens is 300 g/mol. The van der Waals surface area contributed by atoms with Gasteiger partial charge in [-0.25, -0.2) is 0 Å². The molecule has 0 atom stereocenters. The number of carbonyl (C=O) groups is 1. The van der Waals surface area contributed by atoms with Crippen LogP contribution < -0.4 is 10.6 Å². The van der Waals surface area contributed by atoms with Crippen LogP contribution >= 0.6 is 0 Å². The van der Waals surface area contributed by atoms with Gasteiger partial charge in [0.2, 0.25) is 0 Å². The molecule has 0 heterocycles. The molecule has 0 bridgehead atoms. The van der Waals surface area contributed by atoms with Crippen molar-refractivity contribution in [2.24, 2.45) is 0 Å². The van der Waals surface area contributed by atoms with Crippen molar-refractivity contribution in [1.82, 2.24) is 0 Å². The second kappa shape index (κ2) is 7.62. The number of hydrogen-bond donors (Lipinski definition) is 2. The molecule has 0 aliphatic rings. The molecule has 0 saturated carbocycles. The van der Waals surface area contributed by atoms with Gasteiger partial charge in [-0.3, -0.25) is 4.79 Å². The fourth-order valence-electron chi connectivity index (χ4n) is 2.08. The van der Waals surface area contributed by atoms with E-state index in [-0.39, 0.29) is 5.57 Å². The molecule has 1 amide bonds. The zero-order valence-corrected chi connectivity index (χ0v) is 13.4. The van der Waals surface area contributed by atoms with E-state index < -0.39 is 5.91 Å². The molecule has 24 heavy (non-hydrogen) atoms. The molecule has 0 saturated heterocycles. The summed E-state index contributed by atoms with van der Waals surface area (Å²) in [4.78, 5) is 12.3. The van der Waals surface area contributed by atoms with Crippen LogP contribution in [0.25, 0.3) is 0 Å². The normalized spacial score (nSPS) is 10.4. The van der Waals surface area contributed by atoms with Crippen molar-refractivity contribution in [1.29, 1.82) is 10.5 Å². The van der Waals surface area contributed by atoms with E-state index in [1.165, 1.54) is 6.20 Å². The average molecular weight is 316 g/mol. The van der Waals surface area contributed by atoms with Gasteiger partial charge in [0.05, 0.1) is 11.3 Å². The van der Waals surface area contributed by atoms with Crippen LogP contribution in [0.3, 0.4) is 0 Å². The SMILES string of the molecule is Cc1cccc(NC(=O)/C(C#N)=C\Nc2ccccc2C#N)c1C. The van der Waals surface area contributed by atoms with Crippen LogP contribution in [-0.4, -0.2) is 5.91 Å². The molecule has 0 spiro atoms. The minimum Gasteiger partial charge on any atom is -0.359 e. The minimum absolute atomic E-state index is 0.0800. The number of nitrogens with one attached hydrogen (secondary N) is 2. The molecule has 0 aromatic heterocycles. The molecule has 2 aromatic carbocycles. The van der Waals surface area contributed by atoms with Crippen molar-refractivity contribution in [3.05, 3.63) is 70.9 Å². The average Bonchev–Trinajstić information content (AvgIpc) is 2.60. The predicted octanol–water partition coefficient (Wildman–Crippen LogP) is 3.63. The maximum Gasteiger partial charge on any atom is 0.267 e. The Morgan fingerprint density at radius 1 is 1.04 bits per heavy atom. The maximum absolute atomic E-state index is 12.3. The summed E-state index contributed by atoms with van der Waals surface area (Å²) in [7, 11) is 0. The molecule has 2 rings (SSSR count). The Labute approximate surface area is 140 Å². The largest absolute Gasteiger partial charge is 0.359 e. The summed E-state index contributed by atoms with van der Waals surface area (Å²) in [5.74, 6) is -0.506. The number of nitrogens with zero attached hydrogens (tertiary/aromatic N) is 2. The van der Waals surface area contributed by atoms with Crippen LogP contribution in [0.2, 0.25) is 0 Å². The smallest absolute Gasteiger partial charge is 0.267 e. The van der Waals surface area contributed by atoms with Gasteiger partial charge < -0.3 is 10.6 Å². The van der Waals surface area contributed by atoms with Gasteiger partial charge in [0.1, 0.15) is 17.7 Å². The van der Waals surface area contributed by atoms with Gasteiger partial charge >= 0.3 is 0 Å². The molecular formula is C19H16N4O. The number of nitriles is 2. The van der Waals surface area contributed by atoms with Crippen molar-refractivity contribution in [3.63, 3.8) is 0 Å². The first-order valence-electron chi connectivity index (χ1n) is 7.30. The number of amides is 1. The third kappa shape index (κ3) is 3.79. The Balaban J connectivity index is 2.19. The Kier molecular flexibility index (Phi) is 5.33. The monoisotopic (exact) mass is 316 g/mol. The van der Waals surface area contributed by atoms with Crippen LogP contribution in [0.5, 0.6) is 0 Å². The van der Waals surface area contributed by atoms with Crippen LogP contribution in [0.4, 0.5) is 11.4 Å². The lowest BCUT2D eigenvalue weighted by Gasteiger charge is -2.10. The van der Waals surface area contributed by atoms with E-state index in [9.17, 15) is 10.1 Å². The van der Waals surface area contributed by atoms with Crippen molar-refractivity contribution in [2.75, 3.05) is 10.6 Å². The number of para-hydroxylation sites is 1. The van der Waals surface area contributed by atoms with E-state index in [0.29, 0.717) is 16.9 Å². The van der Waals surface area contributed by atoms with Crippen LogP contribution in [0.1, 0.15) is 16.7 Å². The van der Waals surface area contributed by atoms with E-state index in [0.717, 1.165) is 11.1 Å². The summed E-state index contributed by atoms with van der Waals surface area (Å²) in [5, 5.41) is 23.8. The Morgan fingerprint density at radius 3 is 2.46 bits per heavy atom. The fourth-order valence-corrected chi connectivity index (χ4v) is 2.08. The lowest BCUT2D eigenvalue weighted by atomic mass is 10.1. The maximum atomic E-state index is 12.3. The minimum atomic E-state index is -0.506. The molecule has 0 fully saturated rings. The molecule has 2 N–H and O–H groups in total. The zero-order valence-electron chi connectivity index (χ0n) is 13.4. The molecule has 0 unspecified atom stereocenters. The predicted molar refractivity (Wildman–Crippen MR) is 93.0 cm³/mol. The summed E-state index contributed by atoms with van der Waals surface area (Å²) in [5.41, 5.74) is 3.55. The standard InChI is InChI=1S/C19H16N4O/c1-13-6-5-9-17(14(13)2)23-19(24)16(11-21)12-22-18-8-4-3-7-15(18)10-20/h3-9,12,22H,1-2H3,(H,23,24)/b16-12-. The number of anilines is 2. The second-order valence-electron chi connectivity index (χ2n) is 5.17. The summed E-state index contributed by atoms with van der Waals surface area (Å²) in [6.07, 6.45) is 1.30. The third-order valence-electron chi connectivity index (χ3n) is 3.64. The summed E-state index contributed by atoms with van der Waals surface area (Å²) in [6, 6.07) is 16.3. The van der Waals surface area contributed by atoms with Gasteiger partial charge in [-0.15, -0.1) is 0 Å². The van der Waals surface area contributed by atoms with Crippen LogP contribution in [0, 0.1) is 36.5 Å². The number of rotatable bonds is 4. The zero-order chi connectivity index (χ0) is 17.5. The Bertz CT molecular complexity index is 885. The van der Waals surface area contributed by atoms with Gasteiger partial charge in [0.25, 0.3) is 5.91 Å². The third-order valence-corrected chi connectivity index (χ3v) is 3.64. The number of hydrogen-bond acceptors (Lipinski definition) is 4. The van der Waals surface area contributed by atoms with E-state index in [2.05, 4.69) is 10.6 Å². The number of aryl methyl sites for hydroxylation is 1. The highest BCUT2D eigenvalue weighted by Crippen LogP contribution is 2.19. The Morgan fingerprint density at radius 2 is 1.75 bits per heavy atom. The van der Waals surface area contributed by atoms with Gasteiger partial charge in [0.15, 0.2) is 0 Å². The fraction of sp³-hybridized carbons (Fsp3) is 0.105. The van der Waals surface area contributed by atoms with E-state index in [4.69, 9.17) is 5.26 Å². The highest BCUT2D eigenvalue weighted by atomic mass is 16.1. The van der Waals surface area contributed by atoms with Crippen molar-refractivity contribution in [2.45, 2.75) is 13.8 Å². The first-order valence-corrected chi connectivity index (χ1v) is 7.30. The van der Waals surface area contributed by atoms with Crippen LogP contribution in [-0.2, 0) is 4.79 Å². The van der Waals surface area contributed by atoms with Crippen molar-refractivity contribution < 1.29 is 4.79 Å². The van der Waals surface area contributed by atoms with Gasteiger partial charge in [-0.2, -0.15) is 10.5 Å². The second-order valence-corrected chi connectivity index (χ2v) is 5.17. The van der Waals surface area contributed by atoms with E-state index in [1.807, 2.05) is 38.1 Å². The van der Waals surface area contributed by atoms with E-state index in [1.54, 1.807) is 30.3 Å². The first-order chi connectivity index (χ1) is 11.6. The lowest BCUT2D eigenvalue weighted by Crippen LogP contribution is -2.15. The highest BCUT2D eigenvalue weighted by molar-refractivity contribution is 6.07. The number of carbonyl (C=O) groups excluding carboxylic acids is 1. The molecule has 5 nitrogen and oxygen atoms in total. The summed E-state index contributed by atoms with van der Waals surface area (Å²) in [6.45, 7) is 3.86. The van der Waals surface area contributed by atoms with Gasteiger partial charge in [0, 0.05) is 11.9 Å². The lowest BCUT2D eigenvalue weighted by molar-refractivity contribution is -0.112. The van der Waals surface area contributed by atoms with Gasteiger partial charge in [-0.1, -0.05) is 24.3 Å². The van der Waals surface area contributed by atoms with Gasteiger partial charge in [-0.05, 0) is 43.2 Å². The Hall–Kier alpha value is -3.57. The topological polar surface area (TPSA) is 88.7 Å². The quantitative estimate of drug-likeness (QED) is 0.666. The first kappa shape index (κ1) is 16.8. The summed E-state index contributed by atoms with van der Waals surface area (Å²) >= 11 is 0. The molecule has 0 radical (unpaired) electrons. The van der Waals surface area contributed by atoms with Crippen molar-refractivity contribution in [3.8, 4) is 12.1 Å². The van der Waals surface area contributed by atoms with Crippen molar-refractivity contribution >= 4 is 17.3 Å². The molecule has 0 aliphatic heterocycles. The highest BCUT2D eigenvalue weighted by Gasteiger charge is 2.11. The molecule has 2 aromatic rings. The number of benzene rings is 2.